The number of hydrogen-bond acceptors (Lipinski definition) is 3. The van der Waals surface area contributed by atoms with Crippen molar-refractivity contribution in [3.63, 3.8) is 0 Å². The van der Waals surface area contributed by atoms with E-state index in [4.69, 9.17) is 0 Å². The molecular formula is C13H18N4O. The standard InChI is InChI=1S/C13H18N4O/c1-14-6-3-7-17(2)13(18)10-4-5-11-9-15-16-12(11)8-10/h4-5,8-9,14H,3,6-7H2,1-2H3,(H,15,16). The highest BCUT2D eigenvalue weighted by Crippen LogP contribution is 2.14. The molecule has 0 radical (unpaired) electrons. The number of benzene rings is 1. The third-order valence-corrected chi connectivity index (χ3v) is 2.96. The van der Waals surface area contributed by atoms with Crippen LogP contribution in [0.15, 0.2) is 24.4 Å². The maximum atomic E-state index is 12.2. The predicted molar refractivity (Wildman–Crippen MR) is 71.6 cm³/mol. The number of aromatic amines is 1. The minimum Gasteiger partial charge on any atom is -0.342 e. The highest BCUT2D eigenvalue weighted by molar-refractivity contribution is 5.97. The van der Waals surface area contributed by atoms with Gasteiger partial charge in [-0.2, -0.15) is 5.10 Å². The lowest BCUT2D eigenvalue weighted by Crippen LogP contribution is -2.29. The molecule has 2 rings (SSSR count). The van der Waals surface area contributed by atoms with Crippen LogP contribution in [0.3, 0.4) is 0 Å². The van der Waals surface area contributed by atoms with Gasteiger partial charge in [0.2, 0.25) is 0 Å². The molecule has 0 bridgehead atoms. The first-order chi connectivity index (χ1) is 8.72. The maximum Gasteiger partial charge on any atom is 0.253 e. The number of carbonyl (C=O) groups excluding carboxylic acids is 1. The van der Waals surface area contributed by atoms with E-state index in [0.29, 0.717) is 5.56 Å². The lowest BCUT2D eigenvalue weighted by molar-refractivity contribution is 0.0794. The van der Waals surface area contributed by atoms with E-state index in [-0.39, 0.29) is 5.91 Å². The third kappa shape index (κ3) is 2.68. The summed E-state index contributed by atoms with van der Waals surface area (Å²) in [4.78, 5) is 13.9. The maximum absolute atomic E-state index is 12.2. The molecule has 18 heavy (non-hydrogen) atoms. The zero-order valence-corrected chi connectivity index (χ0v) is 10.7. The van der Waals surface area contributed by atoms with Crippen molar-refractivity contribution < 1.29 is 4.79 Å². The number of aromatic nitrogens is 2. The number of carbonyl (C=O) groups is 1. The van der Waals surface area contributed by atoms with Crippen LogP contribution in [0.25, 0.3) is 10.9 Å². The molecule has 0 atom stereocenters. The lowest BCUT2D eigenvalue weighted by atomic mass is 10.1. The van der Waals surface area contributed by atoms with Gasteiger partial charge in [-0.1, -0.05) is 6.07 Å². The van der Waals surface area contributed by atoms with Crippen LogP contribution in [0.4, 0.5) is 0 Å². The largest absolute Gasteiger partial charge is 0.342 e. The molecular weight excluding hydrogens is 228 g/mol. The Kier molecular flexibility index (Phi) is 3.94. The molecule has 0 fully saturated rings. The molecule has 96 valence electrons. The summed E-state index contributed by atoms with van der Waals surface area (Å²) in [6.45, 7) is 1.66. The van der Waals surface area contributed by atoms with E-state index in [1.165, 1.54) is 0 Å². The summed E-state index contributed by atoms with van der Waals surface area (Å²) in [7, 11) is 3.74. The average Bonchev–Trinajstić information content (AvgIpc) is 2.85. The van der Waals surface area contributed by atoms with Gasteiger partial charge in [0.25, 0.3) is 5.91 Å². The van der Waals surface area contributed by atoms with Crippen molar-refractivity contribution in [2.45, 2.75) is 6.42 Å². The van der Waals surface area contributed by atoms with Gasteiger partial charge >= 0.3 is 0 Å². The van der Waals surface area contributed by atoms with E-state index >= 15 is 0 Å². The zero-order chi connectivity index (χ0) is 13.0. The molecule has 2 aromatic rings. The first-order valence-electron chi connectivity index (χ1n) is 6.05. The number of hydrogen-bond donors (Lipinski definition) is 2. The van der Waals surface area contributed by atoms with Gasteiger partial charge in [0.1, 0.15) is 0 Å². The van der Waals surface area contributed by atoms with Crippen molar-refractivity contribution in [3.8, 4) is 0 Å². The van der Waals surface area contributed by atoms with E-state index in [1.807, 2.05) is 32.3 Å². The Balaban J connectivity index is 2.07. The van der Waals surface area contributed by atoms with E-state index in [0.717, 1.165) is 30.4 Å². The van der Waals surface area contributed by atoms with Gasteiger partial charge < -0.3 is 10.2 Å². The van der Waals surface area contributed by atoms with Gasteiger partial charge in [0, 0.05) is 24.5 Å². The van der Waals surface area contributed by atoms with Crippen LogP contribution in [0.2, 0.25) is 0 Å². The van der Waals surface area contributed by atoms with Gasteiger partial charge in [0.05, 0.1) is 11.7 Å². The van der Waals surface area contributed by atoms with Crippen molar-refractivity contribution in [3.05, 3.63) is 30.0 Å². The summed E-state index contributed by atoms with van der Waals surface area (Å²) in [5.74, 6) is 0.0441. The van der Waals surface area contributed by atoms with Gasteiger partial charge in [0.15, 0.2) is 0 Å². The van der Waals surface area contributed by atoms with Crippen molar-refractivity contribution in [1.82, 2.24) is 20.4 Å². The summed E-state index contributed by atoms with van der Waals surface area (Å²) >= 11 is 0. The molecule has 0 saturated heterocycles. The Labute approximate surface area is 106 Å². The minimum absolute atomic E-state index is 0.0441. The smallest absolute Gasteiger partial charge is 0.253 e. The summed E-state index contributed by atoms with van der Waals surface area (Å²) in [6, 6.07) is 5.60. The molecule has 0 aliphatic carbocycles. The Morgan fingerprint density at radius 2 is 2.33 bits per heavy atom. The number of fused-ring (bicyclic) bond motifs is 1. The van der Waals surface area contributed by atoms with Gasteiger partial charge in [-0.05, 0) is 32.1 Å². The van der Waals surface area contributed by atoms with Crippen LogP contribution in [-0.4, -0.2) is 48.2 Å². The molecule has 1 amide bonds. The molecule has 0 unspecified atom stereocenters. The van der Waals surface area contributed by atoms with Crippen molar-refractivity contribution >= 4 is 16.8 Å². The van der Waals surface area contributed by atoms with E-state index in [9.17, 15) is 4.79 Å². The van der Waals surface area contributed by atoms with Crippen LogP contribution in [0.5, 0.6) is 0 Å². The highest BCUT2D eigenvalue weighted by atomic mass is 16.2. The third-order valence-electron chi connectivity index (χ3n) is 2.96. The molecule has 0 spiro atoms. The van der Waals surface area contributed by atoms with Crippen LogP contribution in [-0.2, 0) is 0 Å². The predicted octanol–water partition coefficient (Wildman–Crippen LogP) is 1.24. The number of amides is 1. The van der Waals surface area contributed by atoms with Gasteiger partial charge in [-0.3, -0.25) is 9.89 Å². The number of H-pyrrole nitrogens is 1. The van der Waals surface area contributed by atoms with Crippen LogP contribution in [0.1, 0.15) is 16.8 Å². The Morgan fingerprint density at radius 1 is 1.50 bits per heavy atom. The second kappa shape index (κ2) is 5.64. The second-order valence-corrected chi connectivity index (χ2v) is 4.36. The summed E-state index contributed by atoms with van der Waals surface area (Å²) in [5, 5.41) is 10.9. The van der Waals surface area contributed by atoms with Crippen molar-refractivity contribution in [2.75, 3.05) is 27.2 Å². The molecule has 0 aliphatic heterocycles. The molecule has 1 aromatic heterocycles. The molecule has 5 heteroatoms. The van der Waals surface area contributed by atoms with Crippen LogP contribution >= 0.6 is 0 Å². The second-order valence-electron chi connectivity index (χ2n) is 4.36. The molecule has 1 heterocycles. The first-order valence-corrected chi connectivity index (χ1v) is 6.05. The number of nitrogens with one attached hydrogen (secondary N) is 2. The van der Waals surface area contributed by atoms with Crippen molar-refractivity contribution in [1.29, 1.82) is 0 Å². The lowest BCUT2D eigenvalue weighted by Gasteiger charge is -2.17. The molecule has 0 aliphatic rings. The fourth-order valence-electron chi connectivity index (χ4n) is 1.89. The van der Waals surface area contributed by atoms with Crippen LogP contribution in [0, 0.1) is 0 Å². The average molecular weight is 246 g/mol. The monoisotopic (exact) mass is 246 g/mol. The van der Waals surface area contributed by atoms with Crippen molar-refractivity contribution in [2.24, 2.45) is 0 Å². The fourth-order valence-corrected chi connectivity index (χ4v) is 1.89. The topological polar surface area (TPSA) is 61.0 Å². The number of rotatable bonds is 5. The number of nitrogens with zero attached hydrogens (tertiary/aromatic N) is 2. The highest BCUT2D eigenvalue weighted by Gasteiger charge is 2.11. The van der Waals surface area contributed by atoms with E-state index in [2.05, 4.69) is 15.5 Å². The molecule has 2 N–H and O–H groups in total. The fraction of sp³-hybridized carbons (Fsp3) is 0.385. The summed E-state index contributed by atoms with van der Waals surface area (Å²) in [6.07, 6.45) is 2.70. The summed E-state index contributed by atoms with van der Waals surface area (Å²) in [5.41, 5.74) is 1.59. The molecule has 1 aromatic carbocycles. The molecule has 0 saturated carbocycles. The molecule has 5 nitrogen and oxygen atoms in total. The Bertz CT molecular complexity index is 535. The van der Waals surface area contributed by atoms with Gasteiger partial charge in [-0.15, -0.1) is 0 Å². The Morgan fingerprint density at radius 3 is 3.11 bits per heavy atom. The van der Waals surface area contributed by atoms with E-state index < -0.39 is 0 Å². The van der Waals surface area contributed by atoms with E-state index in [1.54, 1.807) is 11.1 Å². The van der Waals surface area contributed by atoms with Crippen LogP contribution < -0.4 is 5.32 Å². The summed E-state index contributed by atoms with van der Waals surface area (Å²) < 4.78 is 0. The minimum atomic E-state index is 0.0441. The van der Waals surface area contributed by atoms with Gasteiger partial charge in [-0.25, -0.2) is 0 Å². The first kappa shape index (κ1) is 12.6. The zero-order valence-electron chi connectivity index (χ0n) is 10.7. The SMILES string of the molecule is CNCCCN(C)C(=O)c1ccc2cn[nH]c2c1. The normalized spacial score (nSPS) is 10.8. The Hall–Kier alpha value is -1.88. The quantitative estimate of drug-likeness (QED) is 0.780.